The first-order chi connectivity index (χ1) is 13.1. The molecule has 1 aromatic rings. The van der Waals surface area contributed by atoms with Crippen LogP contribution in [0.3, 0.4) is 0 Å². The highest BCUT2D eigenvalue weighted by molar-refractivity contribution is 7.89. The average molecular weight is 451 g/mol. The Labute approximate surface area is 175 Å². The SMILES string of the molecule is CC(C)OC(=O)CCNC(=O)C1CCN(S(=O)(=O)c2cc(Cl)ccc2Cl)CC1. The number of amides is 1. The van der Waals surface area contributed by atoms with E-state index in [9.17, 15) is 18.0 Å². The molecule has 0 saturated carbocycles. The number of carbonyl (C=O) groups is 2. The van der Waals surface area contributed by atoms with E-state index in [2.05, 4.69) is 5.32 Å². The van der Waals surface area contributed by atoms with Gasteiger partial charge in [-0.1, -0.05) is 23.2 Å². The Morgan fingerprint density at radius 1 is 1.25 bits per heavy atom. The fourth-order valence-corrected chi connectivity index (χ4v) is 5.13. The van der Waals surface area contributed by atoms with E-state index in [-0.39, 0.29) is 64.9 Å². The second-order valence-electron chi connectivity index (χ2n) is 6.83. The van der Waals surface area contributed by atoms with Crippen LogP contribution in [0.15, 0.2) is 23.1 Å². The van der Waals surface area contributed by atoms with Crippen molar-refractivity contribution in [3.63, 3.8) is 0 Å². The summed E-state index contributed by atoms with van der Waals surface area (Å²) in [6.07, 6.45) is 0.687. The molecule has 2 rings (SSSR count). The summed E-state index contributed by atoms with van der Waals surface area (Å²) in [4.78, 5) is 23.7. The number of piperidine rings is 1. The molecule has 1 aromatic carbocycles. The van der Waals surface area contributed by atoms with Crippen LogP contribution in [0, 0.1) is 5.92 Å². The molecule has 0 spiro atoms. The van der Waals surface area contributed by atoms with Crippen LogP contribution in [0.25, 0.3) is 0 Å². The van der Waals surface area contributed by atoms with E-state index >= 15 is 0 Å². The number of halogens is 2. The molecule has 1 saturated heterocycles. The first kappa shape index (κ1) is 22.9. The minimum Gasteiger partial charge on any atom is -0.463 e. The van der Waals surface area contributed by atoms with Gasteiger partial charge in [0, 0.05) is 30.6 Å². The van der Waals surface area contributed by atoms with Crippen LogP contribution in [0.1, 0.15) is 33.1 Å². The van der Waals surface area contributed by atoms with Gasteiger partial charge in [0.05, 0.1) is 17.5 Å². The van der Waals surface area contributed by atoms with Crippen molar-refractivity contribution in [2.24, 2.45) is 5.92 Å². The lowest BCUT2D eigenvalue weighted by molar-refractivity contribution is -0.147. The summed E-state index contributed by atoms with van der Waals surface area (Å²) in [5.74, 6) is -0.854. The Morgan fingerprint density at radius 2 is 1.89 bits per heavy atom. The number of nitrogens with one attached hydrogen (secondary N) is 1. The van der Waals surface area contributed by atoms with Gasteiger partial charge in [-0.3, -0.25) is 9.59 Å². The van der Waals surface area contributed by atoms with Gasteiger partial charge in [-0.2, -0.15) is 4.31 Å². The molecule has 1 heterocycles. The Bertz CT molecular complexity index is 821. The maximum Gasteiger partial charge on any atom is 0.307 e. The number of rotatable bonds is 7. The third-order valence-corrected chi connectivity index (χ3v) is 6.95. The van der Waals surface area contributed by atoms with Gasteiger partial charge in [0.2, 0.25) is 15.9 Å². The van der Waals surface area contributed by atoms with Crippen LogP contribution >= 0.6 is 23.2 Å². The van der Waals surface area contributed by atoms with E-state index in [0.29, 0.717) is 12.8 Å². The Balaban J connectivity index is 1.87. The van der Waals surface area contributed by atoms with Crippen LogP contribution in [0.4, 0.5) is 0 Å². The molecular weight excluding hydrogens is 427 g/mol. The number of hydrogen-bond acceptors (Lipinski definition) is 5. The van der Waals surface area contributed by atoms with Crippen molar-refractivity contribution in [1.82, 2.24) is 9.62 Å². The van der Waals surface area contributed by atoms with E-state index in [1.165, 1.54) is 22.5 Å². The van der Waals surface area contributed by atoms with Gasteiger partial charge in [0.15, 0.2) is 0 Å². The smallest absolute Gasteiger partial charge is 0.307 e. The van der Waals surface area contributed by atoms with Crippen molar-refractivity contribution in [2.75, 3.05) is 19.6 Å². The van der Waals surface area contributed by atoms with Crippen molar-refractivity contribution in [3.05, 3.63) is 28.2 Å². The summed E-state index contributed by atoms with van der Waals surface area (Å²) >= 11 is 11.9. The van der Waals surface area contributed by atoms with Gasteiger partial charge in [0.25, 0.3) is 0 Å². The van der Waals surface area contributed by atoms with Gasteiger partial charge in [-0.25, -0.2) is 8.42 Å². The van der Waals surface area contributed by atoms with E-state index in [4.69, 9.17) is 27.9 Å². The highest BCUT2D eigenvalue weighted by Crippen LogP contribution is 2.30. The summed E-state index contributed by atoms with van der Waals surface area (Å²) in [6.45, 7) is 4.13. The second-order valence-corrected chi connectivity index (χ2v) is 9.58. The first-order valence-corrected chi connectivity index (χ1v) is 11.2. The van der Waals surface area contributed by atoms with Crippen LogP contribution in [0.5, 0.6) is 0 Å². The lowest BCUT2D eigenvalue weighted by atomic mass is 9.97. The number of sulfonamides is 1. The number of carbonyl (C=O) groups excluding carboxylic acids is 2. The van der Waals surface area contributed by atoms with E-state index in [1.54, 1.807) is 13.8 Å². The predicted molar refractivity (Wildman–Crippen MR) is 107 cm³/mol. The monoisotopic (exact) mass is 450 g/mol. The molecule has 0 aromatic heterocycles. The standard InChI is InChI=1S/C18H24Cl2N2O5S/c1-12(2)27-17(23)5-8-21-18(24)13-6-9-22(10-7-13)28(25,26)16-11-14(19)3-4-15(16)20/h3-4,11-13H,5-10H2,1-2H3,(H,21,24). The Hall–Kier alpha value is -1.35. The molecule has 28 heavy (non-hydrogen) atoms. The maximum absolute atomic E-state index is 12.8. The van der Waals surface area contributed by atoms with Gasteiger partial charge < -0.3 is 10.1 Å². The summed E-state index contributed by atoms with van der Waals surface area (Å²) in [5.41, 5.74) is 0. The normalized spacial score (nSPS) is 16.2. The van der Waals surface area contributed by atoms with Crippen molar-refractivity contribution in [3.8, 4) is 0 Å². The molecule has 0 atom stereocenters. The maximum atomic E-state index is 12.8. The van der Waals surface area contributed by atoms with Crippen LogP contribution < -0.4 is 5.32 Å². The fraction of sp³-hybridized carbons (Fsp3) is 0.556. The molecule has 1 N–H and O–H groups in total. The summed E-state index contributed by atoms with van der Waals surface area (Å²) in [5, 5.41) is 3.11. The van der Waals surface area contributed by atoms with Crippen molar-refractivity contribution >= 4 is 45.1 Å². The summed E-state index contributed by atoms with van der Waals surface area (Å²) in [6, 6.07) is 4.30. The fourth-order valence-electron chi connectivity index (χ4n) is 2.93. The van der Waals surface area contributed by atoms with Gasteiger partial charge >= 0.3 is 5.97 Å². The zero-order chi connectivity index (χ0) is 20.9. The van der Waals surface area contributed by atoms with Crippen molar-refractivity contribution < 1.29 is 22.7 Å². The molecule has 0 radical (unpaired) electrons. The third-order valence-electron chi connectivity index (χ3n) is 4.33. The molecule has 7 nitrogen and oxygen atoms in total. The third kappa shape index (κ3) is 6.07. The molecule has 0 aliphatic carbocycles. The number of esters is 1. The van der Waals surface area contributed by atoms with E-state index in [0.717, 1.165) is 0 Å². The van der Waals surface area contributed by atoms with Crippen molar-refractivity contribution in [1.29, 1.82) is 0 Å². The molecule has 1 aliphatic rings. The number of nitrogens with zero attached hydrogens (tertiary/aromatic N) is 1. The molecule has 0 unspecified atom stereocenters. The van der Waals surface area contributed by atoms with Crippen LogP contribution in [0.2, 0.25) is 10.0 Å². The average Bonchev–Trinajstić information content (AvgIpc) is 2.63. The lowest BCUT2D eigenvalue weighted by Crippen LogP contribution is -2.43. The number of hydrogen-bond donors (Lipinski definition) is 1. The predicted octanol–water partition coefficient (Wildman–Crippen LogP) is 2.85. The highest BCUT2D eigenvalue weighted by atomic mass is 35.5. The molecule has 0 bridgehead atoms. The zero-order valence-corrected chi connectivity index (χ0v) is 18.1. The largest absolute Gasteiger partial charge is 0.463 e. The van der Waals surface area contributed by atoms with Gasteiger partial charge in [-0.05, 0) is 44.9 Å². The van der Waals surface area contributed by atoms with Crippen LogP contribution in [-0.2, 0) is 24.3 Å². The Morgan fingerprint density at radius 3 is 2.50 bits per heavy atom. The molecule has 1 aliphatic heterocycles. The zero-order valence-electron chi connectivity index (χ0n) is 15.8. The number of ether oxygens (including phenoxy) is 1. The Kier molecular flexibility index (Phi) is 8.12. The molecule has 1 amide bonds. The highest BCUT2D eigenvalue weighted by Gasteiger charge is 2.33. The van der Waals surface area contributed by atoms with E-state index in [1.807, 2.05) is 0 Å². The lowest BCUT2D eigenvalue weighted by Gasteiger charge is -2.30. The second kappa shape index (κ2) is 9.91. The van der Waals surface area contributed by atoms with Gasteiger partial charge in [-0.15, -0.1) is 0 Å². The van der Waals surface area contributed by atoms with Crippen molar-refractivity contribution in [2.45, 2.75) is 44.1 Å². The number of benzene rings is 1. The van der Waals surface area contributed by atoms with E-state index < -0.39 is 10.0 Å². The van der Waals surface area contributed by atoms with Crippen LogP contribution in [-0.4, -0.2) is 50.3 Å². The molecular formula is C18H24Cl2N2O5S. The summed E-state index contributed by atoms with van der Waals surface area (Å²) < 4.78 is 31.9. The topological polar surface area (TPSA) is 92.8 Å². The molecule has 1 fully saturated rings. The first-order valence-electron chi connectivity index (χ1n) is 9.03. The minimum absolute atomic E-state index is 0.0340. The molecule has 156 valence electrons. The minimum atomic E-state index is -3.78. The van der Waals surface area contributed by atoms with Gasteiger partial charge in [0.1, 0.15) is 4.90 Å². The quantitative estimate of drug-likeness (QED) is 0.644. The molecule has 10 heteroatoms. The summed E-state index contributed by atoms with van der Waals surface area (Å²) in [7, 11) is -3.78.